The highest BCUT2D eigenvalue weighted by Crippen LogP contribution is 2.10. The Balaban J connectivity index is 1.94. The maximum absolute atomic E-state index is 8.57. The van der Waals surface area contributed by atoms with E-state index in [1.54, 1.807) is 6.20 Å². The van der Waals surface area contributed by atoms with E-state index in [4.69, 9.17) is 5.26 Å². The normalized spacial score (nSPS) is 9.59. The Bertz CT molecular complexity index is 497. The van der Waals surface area contributed by atoms with E-state index in [9.17, 15) is 0 Å². The molecule has 0 saturated heterocycles. The molecule has 2 rings (SSSR count). The molecule has 1 aromatic heterocycles. The minimum atomic E-state index is 0.459. The van der Waals surface area contributed by atoms with Gasteiger partial charge in [-0.05, 0) is 29.8 Å². The van der Waals surface area contributed by atoms with Gasteiger partial charge in [-0.25, -0.2) is 0 Å². The molecule has 0 saturated carbocycles. The van der Waals surface area contributed by atoms with Gasteiger partial charge in [-0.15, -0.1) is 0 Å². The third-order valence-corrected chi connectivity index (χ3v) is 2.44. The largest absolute Gasteiger partial charge is 0.379 e. The highest BCUT2D eigenvalue weighted by Gasteiger charge is 1.95. The van der Waals surface area contributed by atoms with Gasteiger partial charge in [0.15, 0.2) is 0 Å². The Kier molecular flexibility index (Phi) is 3.72. The quantitative estimate of drug-likeness (QED) is 0.867. The molecule has 0 aliphatic rings. The third-order valence-electron chi connectivity index (χ3n) is 2.44. The fourth-order valence-corrected chi connectivity index (χ4v) is 1.53. The first kappa shape index (κ1) is 11.2. The average Bonchev–Trinajstić information content (AvgIpc) is 2.40. The molecular formula is C14H13N3. The van der Waals surface area contributed by atoms with Gasteiger partial charge < -0.3 is 5.32 Å². The zero-order valence-corrected chi connectivity index (χ0v) is 9.43. The predicted octanol–water partition coefficient (Wildman–Crippen LogP) is 2.76. The van der Waals surface area contributed by atoms with Crippen molar-refractivity contribution in [2.45, 2.75) is 13.0 Å². The van der Waals surface area contributed by atoms with Crippen molar-refractivity contribution in [2.75, 3.05) is 5.32 Å². The molecule has 0 radical (unpaired) electrons. The molecule has 0 amide bonds. The standard InChI is InChI=1S/C14H13N3/c15-9-8-12-4-6-13(7-5-12)17-11-14-3-1-2-10-16-14/h1-7,10,17H,8,11H2. The molecule has 1 heterocycles. The summed E-state index contributed by atoms with van der Waals surface area (Å²) in [5, 5.41) is 11.9. The van der Waals surface area contributed by atoms with Crippen molar-refractivity contribution in [1.29, 1.82) is 5.26 Å². The van der Waals surface area contributed by atoms with Crippen LogP contribution in [-0.2, 0) is 13.0 Å². The van der Waals surface area contributed by atoms with E-state index >= 15 is 0 Å². The van der Waals surface area contributed by atoms with Crippen LogP contribution in [-0.4, -0.2) is 4.98 Å². The topological polar surface area (TPSA) is 48.7 Å². The van der Waals surface area contributed by atoms with Crippen LogP contribution in [0.1, 0.15) is 11.3 Å². The fraction of sp³-hybridized carbons (Fsp3) is 0.143. The molecule has 3 nitrogen and oxygen atoms in total. The number of nitrogens with zero attached hydrogens (tertiary/aromatic N) is 2. The summed E-state index contributed by atoms with van der Waals surface area (Å²) in [6.45, 7) is 0.707. The number of nitrogens with one attached hydrogen (secondary N) is 1. The Hall–Kier alpha value is -2.34. The minimum absolute atomic E-state index is 0.459. The number of pyridine rings is 1. The molecule has 3 heteroatoms. The van der Waals surface area contributed by atoms with Gasteiger partial charge in [-0.3, -0.25) is 4.98 Å². The molecule has 0 bridgehead atoms. The van der Waals surface area contributed by atoms with Crippen LogP contribution in [0.4, 0.5) is 5.69 Å². The Morgan fingerprint density at radius 3 is 2.59 bits per heavy atom. The first-order valence-corrected chi connectivity index (χ1v) is 5.48. The molecule has 0 unspecified atom stereocenters. The van der Waals surface area contributed by atoms with Gasteiger partial charge in [-0.1, -0.05) is 18.2 Å². The van der Waals surface area contributed by atoms with E-state index in [0.717, 1.165) is 16.9 Å². The van der Waals surface area contributed by atoms with Crippen LogP contribution in [0.25, 0.3) is 0 Å². The number of hydrogen-bond acceptors (Lipinski definition) is 3. The second-order valence-electron chi connectivity index (χ2n) is 3.71. The maximum atomic E-state index is 8.57. The smallest absolute Gasteiger partial charge is 0.0669 e. The second-order valence-corrected chi connectivity index (χ2v) is 3.71. The van der Waals surface area contributed by atoms with Crippen LogP contribution >= 0.6 is 0 Å². The first-order valence-electron chi connectivity index (χ1n) is 5.48. The summed E-state index contributed by atoms with van der Waals surface area (Å²) in [5.74, 6) is 0. The minimum Gasteiger partial charge on any atom is -0.379 e. The van der Waals surface area contributed by atoms with E-state index in [1.807, 2.05) is 42.5 Å². The average molecular weight is 223 g/mol. The monoisotopic (exact) mass is 223 g/mol. The van der Waals surface area contributed by atoms with Crippen LogP contribution in [0, 0.1) is 11.3 Å². The van der Waals surface area contributed by atoms with Gasteiger partial charge in [0.05, 0.1) is 24.7 Å². The summed E-state index contributed by atoms with van der Waals surface area (Å²) >= 11 is 0. The third kappa shape index (κ3) is 3.32. The molecule has 17 heavy (non-hydrogen) atoms. The van der Waals surface area contributed by atoms with Crippen LogP contribution < -0.4 is 5.32 Å². The lowest BCUT2D eigenvalue weighted by Gasteiger charge is -2.06. The highest BCUT2D eigenvalue weighted by molar-refractivity contribution is 5.45. The Labute approximate surface area is 101 Å². The second kappa shape index (κ2) is 5.66. The van der Waals surface area contributed by atoms with Crippen molar-refractivity contribution in [2.24, 2.45) is 0 Å². The molecule has 0 aliphatic heterocycles. The summed E-state index contributed by atoms with van der Waals surface area (Å²) < 4.78 is 0. The van der Waals surface area contributed by atoms with Gasteiger partial charge in [-0.2, -0.15) is 5.26 Å². The van der Waals surface area contributed by atoms with Gasteiger partial charge in [0.25, 0.3) is 0 Å². The van der Waals surface area contributed by atoms with Crippen molar-refractivity contribution in [3.8, 4) is 6.07 Å². The summed E-state index contributed by atoms with van der Waals surface area (Å²) in [4.78, 5) is 4.24. The zero-order chi connectivity index (χ0) is 11.9. The molecule has 0 fully saturated rings. The summed E-state index contributed by atoms with van der Waals surface area (Å²) in [6.07, 6.45) is 2.24. The Morgan fingerprint density at radius 2 is 1.94 bits per heavy atom. The predicted molar refractivity (Wildman–Crippen MR) is 67.3 cm³/mol. The van der Waals surface area contributed by atoms with Crippen molar-refractivity contribution in [3.63, 3.8) is 0 Å². The van der Waals surface area contributed by atoms with E-state index in [1.165, 1.54) is 0 Å². The van der Waals surface area contributed by atoms with Crippen LogP contribution in [0.5, 0.6) is 0 Å². The number of nitriles is 1. The van der Waals surface area contributed by atoms with Gasteiger partial charge in [0.2, 0.25) is 0 Å². The zero-order valence-electron chi connectivity index (χ0n) is 9.43. The SMILES string of the molecule is N#CCc1ccc(NCc2ccccn2)cc1. The number of anilines is 1. The molecule has 0 aliphatic carbocycles. The van der Waals surface area contributed by atoms with Crippen molar-refractivity contribution in [3.05, 3.63) is 59.9 Å². The molecule has 0 atom stereocenters. The first-order chi connectivity index (χ1) is 8.38. The van der Waals surface area contributed by atoms with Crippen LogP contribution in [0.2, 0.25) is 0 Å². The fourth-order valence-electron chi connectivity index (χ4n) is 1.53. The lowest BCUT2D eigenvalue weighted by molar-refractivity contribution is 1.05. The van der Waals surface area contributed by atoms with Crippen LogP contribution in [0.3, 0.4) is 0 Å². The lowest BCUT2D eigenvalue weighted by Crippen LogP contribution is -2.00. The molecule has 84 valence electrons. The van der Waals surface area contributed by atoms with E-state index in [-0.39, 0.29) is 0 Å². The molecule has 0 spiro atoms. The van der Waals surface area contributed by atoms with Gasteiger partial charge in [0, 0.05) is 11.9 Å². The molecule has 1 aromatic carbocycles. The van der Waals surface area contributed by atoms with Gasteiger partial charge in [0.1, 0.15) is 0 Å². The van der Waals surface area contributed by atoms with E-state index < -0.39 is 0 Å². The summed E-state index contributed by atoms with van der Waals surface area (Å²) in [5.41, 5.74) is 3.09. The molecule has 1 N–H and O–H groups in total. The van der Waals surface area contributed by atoms with Crippen molar-refractivity contribution >= 4 is 5.69 Å². The Morgan fingerprint density at radius 1 is 1.12 bits per heavy atom. The number of rotatable bonds is 4. The van der Waals surface area contributed by atoms with Gasteiger partial charge >= 0.3 is 0 Å². The van der Waals surface area contributed by atoms with Crippen molar-refractivity contribution < 1.29 is 0 Å². The van der Waals surface area contributed by atoms with E-state index in [0.29, 0.717) is 13.0 Å². The highest BCUT2D eigenvalue weighted by atomic mass is 14.9. The summed E-state index contributed by atoms with van der Waals surface area (Å²) in [7, 11) is 0. The van der Waals surface area contributed by atoms with Crippen LogP contribution in [0.15, 0.2) is 48.7 Å². The molecular weight excluding hydrogens is 210 g/mol. The summed E-state index contributed by atoms with van der Waals surface area (Å²) in [6, 6.07) is 15.9. The molecule has 2 aromatic rings. The number of benzene rings is 1. The lowest BCUT2D eigenvalue weighted by atomic mass is 10.1. The maximum Gasteiger partial charge on any atom is 0.0669 e. The van der Waals surface area contributed by atoms with E-state index in [2.05, 4.69) is 16.4 Å². The number of hydrogen-bond donors (Lipinski definition) is 1. The number of aromatic nitrogens is 1. The van der Waals surface area contributed by atoms with Crippen molar-refractivity contribution in [1.82, 2.24) is 4.98 Å².